The summed E-state index contributed by atoms with van der Waals surface area (Å²) in [4.78, 5) is 11.6. The van der Waals surface area contributed by atoms with Crippen molar-refractivity contribution >= 4 is 29.1 Å². The van der Waals surface area contributed by atoms with Gasteiger partial charge in [-0.3, -0.25) is 4.79 Å². The van der Waals surface area contributed by atoms with Crippen LogP contribution < -0.4 is 11.1 Å². The molecule has 1 heterocycles. The molecule has 0 aliphatic carbocycles. The SMILES string of the molecule is CCC(CC1CNCCOC1c1ccc(Cl)c(Cl)c1)C(N)=O. The van der Waals surface area contributed by atoms with Crippen LogP contribution in [0.3, 0.4) is 0 Å². The summed E-state index contributed by atoms with van der Waals surface area (Å²) < 4.78 is 6.01. The molecule has 3 N–H and O–H groups in total. The van der Waals surface area contributed by atoms with E-state index < -0.39 is 0 Å². The van der Waals surface area contributed by atoms with Crippen molar-refractivity contribution < 1.29 is 9.53 Å². The molecule has 22 heavy (non-hydrogen) atoms. The third-order valence-corrected chi connectivity index (χ3v) is 4.90. The summed E-state index contributed by atoms with van der Waals surface area (Å²) >= 11 is 12.1. The Morgan fingerprint density at radius 2 is 2.23 bits per heavy atom. The van der Waals surface area contributed by atoms with Gasteiger partial charge in [0.25, 0.3) is 0 Å². The summed E-state index contributed by atoms with van der Waals surface area (Å²) in [6.45, 7) is 4.18. The molecule has 1 amide bonds. The Morgan fingerprint density at radius 3 is 2.86 bits per heavy atom. The zero-order valence-corrected chi connectivity index (χ0v) is 14.2. The van der Waals surface area contributed by atoms with Gasteiger partial charge < -0.3 is 15.8 Å². The monoisotopic (exact) mass is 344 g/mol. The van der Waals surface area contributed by atoms with Crippen LogP contribution in [0.5, 0.6) is 0 Å². The van der Waals surface area contributed by atoms with Crippen molar-refractivity contribution in [1.82, 2.24) is 5.32 Å². The number of amides is 1. The first kappa shape index (κ1) is 17.5. The second-order valence-electron chi connectivity index (χ2n) is 5.67. The minimum absolute atomic E-state index is 0.113. The maximum Gasteiger partial charge on any atom is 0.220 e. The minimum Gasteiger partial charge on any atom is -0.372 e. The van der Waals surface area contributed by atoms with Crippen molar-refractivity contribution in [2.75, 3.05) is 19.7 Å². The van der Waals surface area contributed by atoms with E-state index in [9.17, 15) is 4.79 Å². The van der Waals surface area contributed by atoms with Gasteiger partial charge in [0.15, 0.2) is 0 Å². The average molecular weight is 345 g/mol. The van der Waals surface area contributed by atoms with Gasteiger partial charge in [0.05, 0.1) is 22.8 Å². The van der Waals surface area contributed by atoms with Crippen LogP contribution in [-0.2, 0) is 9.53 Å². The van der Waals surface area contributed by atoms with Gasteiger partial charge >= 0.3 is 0 Å². The Labute approximate surface area is 141 Å². The van der Waals surface area contributed by atoms with Gasteiger partial charge in [0, 0.05) is 24.9 Å². The molecule has 122 valence electrons. The number of primary amides is 1. The fourth-order valence-electron chi connectivity index (χ4n) is 2.90. The second kappa shape index (κ2) is 8.16. The summed E-state index contributed by atoms with van der Waals surface area (Å²) in [7, 11) is 0. The van der Waals surface area contributed by atoms with Crippen LogP contribution in [-0.4, -0.2) is 25.6 Å². The summed E-state index contributed by atoms with van der Waals surface area (Å²) in [5.74, 6) is -0.226. The van der Waals surface area contributed by atoms with E-state index in [4.69, 9.17) is 33.7 Å². The Balaban J connectivity index is 2.23. The number of rotatable bonds is 5. The zero-order chi connectivity index (χ0) is 16.1. The van der Waals surface area contributed by atoms with Crippen LogP contribution in [0.15, 0.2) is 18.2 Å². The third kappa shape index (κ3) is 4.35. The van der Waals surface area contributed by atoms with Gasteiger partial charge in [-0.15, -0.1) is 0 Å². The molecule has 1 aliphatic rings. The minimum atomic E-state index is -0.250. The van der Waals surface area contributed by atoms with Crippen LogP contribution >= 0.6 is 23.2 Å². The highest BCUT2D eigenvalue weighted by atomic mass is 35.5. The van der Waals surface area contributed by atoms with E-state index >= 15 is 0 Å². The predicted octanol–water partition coefficient (Wildman–Crippen LogP) is 3.17. The molecular weight excluding hydrogens is 323 g/mol. The second-order valence-corrected chi connectivity index (χ2v) is 6.49. The first-order valence-electron chi connectivity index (χ1n) is 7.59. The number of carbonyl (C=O) groups excluding carboxylic acids is 1. The lowest BCUT2D eigenvalue weighted by atomic mass is 9.85. The number of carbonyl (C=O) groups is 1. The molecule has 0 radical (unpaired) electrons. The molecule has 2 rings (SSSR count). The molecular formula is C16H22Cl2N2O2. The van der Waals surface area contributed by atoms with E-state index in [-0.39, 0.29) is 23.8 Å². The van der Waals surface area contributed by atoms with Crippen LogP contribution in [0, 0.1) is 11.8 Å². The van der Waals surface area contributed by atoms with E-state index in [1.165, 1.54) is 0 Å². The standard InChI is InChI=1S/C16H22Cl2N2O2/c1-2-10(16(19)21)7-12-9-20-5-6-22-15(12)11-3-4-13(17)14(18)8-11/h3-4,8,10,12,15,20H,2,5-7,9H2,1H3,(H2,19,21). The highest BCUT2D eigenvalue weighted by Crippen LogP contribution is 2.35. The summed E-state index contributed by atoms with van der Waals surface area (Å²) in [5.41, 5.74) is 6.48. The van der Waals surface area contributed by atoms with E-state index in [1.807, 2.05) is 19.1 Å². The van der Waals surface area contributed by atoms with Crippen LogP contribution in [0.25, 0.3) is 0 Å². The van der Waals surface area contributed by atoms with Gasteiger partial charge in [0.2, 0.25) is 5.91 Å². The Morgan fingerprint density at radius 1 is 1.45 bits per heavy atom. The van der Waals surface area contributed by atoms with E-state index in [0.717, 1.165) is 25.1 Å². The molecule has 6 heteroatoms. The first-order valence-corrected chi connectivity index (χ1v) is 8.35. The summed E-state index contributed by atoms with van der Waals surface area (Å²) in [5, 5.41) is 4.40. The molecule has 0 aromatic heterocycles. The summed E-state index contributed by atoms with van der Waals surface area (Å²) in [6, 6.07) is 5.56. The lowest BCUT2D eigenvalue weighted by Gasteiger charge is -2.27. The number of benzene rings is 1. The van der Waals surface area contributed by atoms with Crippen molar-refractivity contribution in [2.45, 2.75) is 25.9 Å². The number of nitrogens with two attached hydrogens (primary N) is 1. The van der Waals surface area contributed by atoms with E-state index in [0.29, 0.717) is 23.1 Å². The number of halogens is 2. The van der Waals surface area contributed by atoms with Crippen molar-refractivity contribution in [1.29, 1.82) is 0 Å². The topological polar surface area (TPSA) is 64.3 Å². The molecule has 4 nitrogen and oxygen atoms in total. The van der Waals surface area contributed by atoms with Crippen molar-refractivity contribution in [2.24, 2.45) is 17.6 Å². The van der Waals surface area contributed by atoms with Crippen molar-refractivity contribution in [3.63, 3.8) is 0 Å². The van der Waals surface area contributed by atoms with Gasteiger partial charge in [-0.1, -0.05) is 36.2 Å². The molecule has 0 spiro atoms. The van der Waals surface area contributed by atoms with Gasteiger partial charge in [-0.25, -0.2) is 0 Å². The molecule has 1 fully saturated rings. The maximum absolute atomic E-state index is 11.6. The lowest BCUT2D eigenvalue weighted by Crippen LogP contribution is -2.31. The summed E-state index contributed by atoms with van der Waals surface area (Å²) in [6.07, 6.45) is 1.32. The fraction of sp³-hybridized carbons (Fsp3) is 0.562. The molecule has 0 saturated carbocycles. The highest BCUT2D eigenvalue weighted by Gasteiger charge is 2.30. The van der Waals surface area contributed by atoms with Crippen LogP contribution in [0.2, 0.25) is 10.0 Å². The van der Waals surface area contributed by atoms with Crippen LogP contribution in [0.1, 0.15) is 31.4 Å². The normalized spacial score (nSPS) is 23.8. The number of ether oxygens (including phenoxy) is 1. The Hall–Kier alpha value is -0.810. The third-order valence-electron chi connectivity index (χ3n) is 4.17. The van der Waals surface area contributed by atoms with Gasteiger partial charge in [-0.05, 0) is 30.5 Å². The molecule has 1 aromatic carbocycles. The van der Waals surface area contributed by atoms with Gasteiger partial charge in [0.1, 0.15) is 0 Å². The Kier molecular flexibility index (Phi) is 6.50. The van der Waals surface area contributed by atoms with Crippen molar-refractivity contribution in [3.8, 4) is 0 Å². The quantitative estimate of drug-likeness (QED) is 0.862. The smallest absolute Gasteiger partial charge is 0.220 e. The molecule has 3 atom stereocenters. The molecule has 1 aliphatic heterocycles. The highest BCUT2D eigenvalue weighted by molar-refractivity contribution is 6.42. The largest absolute Gasteiger partial charge is 0.372 e. The number of hydrogen-bond acceptors (Lipinski definition) is 3. The fourth-order valence-corrected chi connectivity index (χ4v) is 3.21. The van der Waals surface area contributed by atoms with Crippen LogP contribution in [0.4, 0.5) is 0 Å². The number of nitrogens with one attached hydrogen (secondary N) is 1. The Bertz CT molecular complexity index is 525. The number of hydrogen-bond donors (Lipinski definition) is 2. The van der Waals surface area contributed by atoms with Gasteiger partial charge in [-0.2, -0.15) is 0 Å². The lowest BCUT2D eigenvalue weighted by molar-refractivity contribution is -0.122. The predicted molar refractivity (Wildman–Crippen MR) is 89.1 cm³/mol. The molecule has 3 unspecified atom stereocenters. The van der Waals surface area contributed by atoms with Crippen molar-refractivity contribution in [3.05, 3.63) is 33.8 Å². The van der Waals surface area contributed by atoms with E-state index in [2.05, 4.69) is 5.32 Å². The zero-order valence-electron chi connectivity index (χ0n) is 12.6. The maximum atomic E-state index is 11.6. The molecule has 0 bridgehead atoms. The molecule has 1 aromatic rings. The average Bonchev–Trinajstić information content (AvgIpc) is 2.72. The molecule has 1 saturated heterocycles. The first-order chi connectivity index (χ1) is 10.5. The van der Waals surface area contributed by atoms with E-state index in [1.54, 1.807) is 6.07 Å².